The Bertz CT molecular complexity index is 1050. The van der Waals surface area contributed by atoms with Gasteiger partial charge in [0.2, 0.25) is 0 Å². The molecule has 2 atom stereocenters. The SMILES string of the molecule is CN1CCN(C(=O)c2cnc3c(c2)ncn3C2CCOCC2)[C@H]2CS(=O)(=O)C[C@H]21. The summed E-state index contributed by atoms with van der Waals surface area (Å²) in [6.45, 7) is 2.64. The summed E-state index contributed by atoms with van der Waals surface area (Å²) in [6.07, 6.45) is 5.23. The fourth-order valence-electron chi connectivity index (χ4n) is 4.81. The van der Waals surface area contributed by atoms with Gasteiger partial charge in [-0.3, -0.25) is 9.69 Å². The zero-order valence-electron chi connectivity index (χ0n) is 16.4. The molecule has 29 heavy (non-hydrogen) atoms. The number of piperazine rings is 1. The largest absolute Gasteiger partial charge is 0.381 e. The van der Waals surface area contributed by atoms with Gasteiger partial charge in [0.1, 0.15) is 5.52 Å². The average molecular weight is 420 g/mol. The Morgan fingerprint density at radius 1 is 1.14 bits per heavy atom. The molecule has 0 radical (unpaired) electrons. The van der Waals surface area contributed by atoms with Gasteiger partial charge < -0.3 is 14.2 Å². The van der Waals surface area contributed by atoms with Crippen molar-refractivity contribution < 1.29 is 17.9 Å². The molecule has 0 saturated carbocycles. The smallest absolute Gasteiger partial charge is 0.255 e. The molecule has 2 aromatic rings. The number of pyridine rings is 1. The van der Waals surface area contributed by atoms with Crippen molar-refractivity contribution in [2.75, 3.05) is 44.9 Å². The molecule has 3 aliphatic heterocycles. The predicted octanol–water partition coefficient (Wildman–Crippen LogP) is 0.336. The van der Waals surface area contributed by atoms with Gasteiger partial charge in [-0.25, -0.2) is 18.4 Å². The molecular formula is C19H25N5O4S. The first kappa shape index (κ1) is 19.0. The third-order valence-corrected chi connectivity index (χ3v) is 8.16. The number of ether oxygens (including phenoxy) is 1. The molecule has 0 aliphatic carbocycles. The maximum Gasteiger partial charge on any atom is 0.255 e. The van der Waals surface area contributed by atoms with Crippen LogP contribution in [0.15, 0.2) is 18.6 Å². The molecule has 3 aliphatic rings. The summed E-state index contributed by atoms with van der Waals surface area (Å²) in [5.41, 5.74) is 1.92. The average Bonchev–Trinajstić information content (AvgIpc) is 3.28. The maximum atomic E-state index is 13.2. The Morgan fingerprint density at radius 3 is 2.69 bits per heavy atom. The van der Waals surface area contributed by atoms with Crippen molar-refractivity contribution in [1.29, 1.82) is 0 Å². The van der Waals surface area contributed by atoms with E-state index >= 15 is 0 Å². The van der Waals surface area contributed by atoms with Crippen LogP contribution in [-0.2, 0) is 14.6 Å². The number of nitrogens with zero attached hydrogens (tertiary/aromatic N) is 5. The van der Waals surface area contributed by atoms with E-state index in [-0.39, 0.29) is 29.5 Å². The molecule has 1 amide bonds. The van der Waals surface area contributed by atoms with Crippen molar-refractivity contribution in [3.8, 4) is 0 Å². The lowest BCUT2D eigenvalue weighted by Crippen LogP contribution is -2.59. The Hall–Kier alpha value is -2.04. The predicted molar refractivity (Wildman–Crippen MR) is 107 cm³/mol. The van der Waals surface area contributed by atoms with Crippen LogP contribution in [0.1, 0.15) is 29.2 Å². The van der Waals surface area contributed by atoms with Crippen molar-refractivity contribution in [1.82, 2.24) is 24.3 Å². The van der Waals surface area contributed by atoms with E-state index in [1.165, 1.54) is 0 Å². The van der Waals surface area contributed by atoms with E-state index in [1.54, 1.807) is 23.5 Å². The molecule has 0 N–H and O–H groups in total. The summed E-state index contributed by atoms with van der Waals surface area (Å²) >= 11 is 0. The Labute approximate surface area is 169 Å². The van der Waals surface area contributed by atoms with Crippen molar-refractivity contribution in [2.45, 2.75) is 31.0 Å². The first-order chi connectivity index (χ1) is 13.9. The van der Waals surface area contributed by atoms with Gasteiger partial charge in [0.25, 0.3) is 5.91 Å². The molecule has 0 spiro atoms. The highest BCUT2D eigenvalue weighted by molar-refractivity contribution is 7.91. The number of aromatic nitrogens is 3. The van der Waals surface area contributed by atoms with Crippen LogP contribution in [-0.4, -0.2) is 95.6 Å². The number of fused-ring (bicyclic) bond motifs is 2. The second kappa shape index (κ2) is 7.03. The minimum atomic E-state index is -3.13. The second-order valence-electron chi connectivity index (χ2n) is 8.25. The van der Waals surface area contributed by atoms with Crippen LogP contribution < -0.4 is 0 Å². The summed E-state index contributed by atoms with van der Waals surface area (Å²) in [6, 6.07) is 1.64. The minimum absolute atomic E-state index is 0.0296. The highest BCUT2D eigenvalue weighted by Gasteiger charge is 2.47. The molecule has 10 heteroatoms. The van der Waals surface area contributed by atoms with Crippen LogP contribution in [0.5, 0.6) is 0 Å². The molecule has 0 bridgehead atoms. The first-order valence-electron chi connectivity index (χ1n) is 10.0. The monoisotopic (exact) mass is 419 g/mol. The van der Waals surface area contributed by atoms with Gasteiger partial charge in [0.05, 0.1) is 29.4 Å². The zero-order valence-corrected chi connectivity index (χ0v) is 17.2. The fourth-order valence-corrected chi connectivity index (χ4v) is 6.87. The Morgan fingerprint density at radius 2 is 1.90 bits per heavy atom. The van der Waals surface area contributed by atoms with E-state index in [4.69, 9.17) is 4.74 Å². The number of hydrogen-bond acceptors (Lipinski definition) is 7. The molecule has 5 rings (SSSR count). The molecule has 2 aromatic heterocycles. The first-order valence-corrected chi connectivity index (χ1v) is 11.9. The van der Waals surface area contributed by atoms with Gasteiger partial charge in [-0.05, 0) is 26.0 Å². The third kappa shape index (κ3) is 3.32. The topological polar surface area (TPSA) is 97.6 Å². The number of hydrogen-bond donors (Lipinski definition) is 0. The van der Waals surface area contributed by atoms with E-state index in [2.05, 4.69) is 19.4 Å². The van der Waals surface area contributed by atoms with Crippen LogP contribution in [0.3, 0.4) is 0 Å². The Kier molecular flexibility index (Phi) is 4.60. The summed E-state index contributed by atoms with van der Waals surface area (Å²) in [4.78, 5) is 26.0. The van der Waals surface area contributed by atoms with Crippen molar-refractivity contribution in [3.05, 3.63) is 24.2 Å². The van der Waals surface area contributed by atoms with Crippen LogP contribution in [0.2, 0.25) is 0 Å². The molecule has 0 unspecified atom stereocenters. The number of rotatable bonds is 2. The lowest BCUT2D eigenvalue weighted by Gasteiger charge is -2.42. The van der Waals surface area contributed by atoms with E-state index < -0.39 is 9.84 Å². The number of carbonyl (C=O) groups is 1. The zero-order chi connectivity index (χ0) is 20.2. The van der Waals surface area contributed by atoms with Gasteiger partial charge in [-0.2, -0.15) is 0 Å². The molecule has 9 nitrogen and oxygen atoms in total. The molecular weight excluding hydrogens is 394 g/mol. The van der Waals surface area contributed by atoms with E-state index in [9.17, 15) is 13.2 Å². The minimum Gasteiger partial charge on any atom is -0.381 e. The number of carbonyl (C=O) groups excluding carboxylic acids is 1. The van der Waals surface area contributed by atoms with Crippen LogP contribution in [0, 0.1) is 0 Å². The number of likely N-dealkylation sites (N-methyl/N-ethyl adjacent to an activating group) is 1. The highest BCUT2D eigenvalue weighted by atomic mass is 32.2. The van der Waals surface area contributed by atoms with Crippen molar-refractivity contribution >= 4 is 26.9 Å². The maximum absolute atomic E-state index is 13.2. The van der Waals surface area contributed by atoms with Crippen molar-refractivity contribution in [3.63, 3.8) is 0 Å². The van der Waals surface area contributed by atoms with E-state index in [0.717, 1.165) is 31.7 Å². The number of sulfone groups is 1. The molecule has 3 saturated heterocycles. The van der Waals surface area contributed by atoms with Crippen LogP contribution in [0.4, 0.5) is 0 Å². The van der Waals surface area contributed by atoms with Gasteiger partial charge >= 0.3 is 0 Å². The molecule has 3 fully saturated rings. The highest BCUT2D eigenvalue weighted by Crippen LogP contribution is 2.28. The third-order valence-electron chi connectivity index (χ3n) is 6.46. The molecule has 0 aromatic carbocycles. The van der Waals surface area contributed by atoms with Gasteiger partial charge in [-0.1, -0.05) is 0 Å². The molecule has 5 heterocycles. The van der Waals surface area contributed by atoms with E-state index in [1.807, 2.05) is 7.05 Å². The Balaban J connectivity index is 1.42. The second-order valence-corrected chi connectivity index (χ2v) is 10.4. The van der Waals surface area contributed by atoms with Gasteiger partial charge in [0, 0.05) is 44.6 Å². The lowest BCUT2D eigenvalue weighted by molar-refractivity contribution is 0.0410. The normalized spacial score (nSPS) is 28.0. The number of imidazole rings is 1. The lowest BCUT2D eigenvalue weighted by atomic mass is 10.0. The van der Waals surface area contributed by atoms with Gasteiger partial charge in [-0.15, -0.1) is 0 Å². The van der Waals surface area contributed by atoms with Crippen molar-refractivity contribution in [2.24, 2.45) is 0 Å². The van der Waals surface area contributed by atoms with Crippen LogP contribution >= 0.6 is 0 Å². The van der Waals surface area contributed by atoms with Crippen LogP contribution in [0.25, 0.3) is 11.2 Å². The number of amides is 1. The summed E-state index contributed by atoms with van der Waals surface area (Å²) in [5, 5.41) is 0. The summed E-state index contributed by atoms with van der Waals surface area (Å²) in [5.74, 6) is -0.0211. The molecule has 156 valence electrons. The quantitative estimate of drug-likeness (QED) is 0.692. The fraction of sp³-hybridized carbons (Fsp3) is 0.632. The summed E-state index contributed by atoms with van der Waals surface area (Å²) in [7, 11) is -1.20. The van der Waals surface area contributed by atoms with Gasteiger partial charge in [0.15, 0.2) is 15.5 Å². The standard InChI is InChI=1S/C19H25N5O4S/c1-22-4-5-23(17-11-29(26,27)10-16(17)22)19(25)13-8-15-18(20-9-13)24(12-21-15)14-2-6-28-7-3-14/h8-9,12,14,16-17H,2-7,10-11H2,1H3/t16-,17+/m1/s1. The summed E-state index contributed by atoms with van der Waals surface area (Å²) < 4.78 is 31.9. The van der Waals surface area contributed by atoms with E-state index in [0.29, 0.717) is 30.2 Å².